The number of nitrogens with zero attached hydrogens (tertiary/aromatic N) is 6. The number of carbonyl (C=O) groups is 4. The van der Waals surface area contributed by atoms with Crippen LogP contribution in [0, 0.1) is 17.5 Å². The zero-order chi connectivity index (χ0) is 47.2. The number of H-pyrrole nitrogens is 1. The SMILES string of the molecule is O=C1CCC(Nc2ccc(N3CCC(O)(CC(=O)N4CCN(c5ccc(-c6cnc7[nH]cc(C(=O)c8c(F)ccc(NS(=O)(=O)N9CC[C@@H](F)C9)c8F)c7c6)cn5)CC4)CC3)c(F)c2)C(=O)N1. The molecule has 7 heterocycles. The molecule has 5 aromatic rings. The predicted molar refractivity (Wildman–Crippen MR) is 239 cm³/mol. The van der Waals surface area contributed by atoms with E-state index < -0.39 is 75.0 Å². The molecule has 4 aliphatic heterocycles. The number of amides is 3. The number of halogens is 4. The van der Waals surface area contributed by atoms with E-state index in [-0.39, 0.29) is 67.1 Å². The van der Waals surface area contributed by atoms with Crippen LogP contribution in [0.15, 0.2) is 67.1 Å². The third-order valence-corrected chi connectivity index (χ3v) is 14.3. The topological polar surface area (TPSA) is 213 Å². The summed E-state index contributed by atoms with van der Waals surface area (Å²) in [5, 5.41) is 16.9. The second-order valence-electron chi connectivity index (χ2n) is 17.3. The number of nitrogens with one attached hydrogen (secondary N) is 4. The Kier molecular flexibility index (Phi) is 12.4. The number of aromatic nitrogens is 3. The van der Waals surface area contributed by atoms with Gasteiger partial charge in [-0.25, -0.2) is 27.5 Å². The van der Waals surface area contributed by atoms with Gasteiger partial charge in [0, 0.05) is 105 Å². The maximum absolute atomic E-state index is 15.7. The van der Waals surface area contributed by atoms with E-state index in [1.165, 1.54) is 12.3 Å². The van der Waals surface area contributed by atoms with Crippen molar-refractivity contribution >= 4 is 67.6 Å². The summed E-state index contributed by atoms with van der Waals surface area (Å²) in [5.41, 5.74) is -0.839. The molecule has 5 N–H and O–H groups in total. The summed E-state index contributed by atoms with van der Waals surface area (Å²) in [6.45, 7) is 1.88. The first-order chi connectivity index (χ1) is 32.0. The summed E-state index contributed by atoms with van der Waals surface area (Å²) < 4.78 is 88.2. The Balaban J connectivity index is 0.786. The molecular formula is C45H46F4N10O7S. The van der Waals surface area contributed by atoms with Crippen LogP contribution < -0.4 is 25.2 Å². The molecule has 0 bridgehead atoms. The molecule has 9 rings (SSSR count). The first-order valence-corrected chi connectivity index (χ1v) is 23.3. The molecule has 22 heteroatoms. The number of aromatic amines is 1. The number of alkyl halides is 1. The van der Waals surface area contributed by atoms with Crippen LogP contribution in [0.1, 0.15) is 54.4 Å². The molecule has 0 aliphatic carbocycles. The highest BCUT2D eigenvalue weighted by atomic mass is 32.2. The average molecular weight is 947 g/mol. The molecule has 3 aromatic heterocycles. The van der Waals surface area contributed by atoms with Gasteiger partial charge in [0.25, 0.3) is 0 Å². The summed E-state index contributed by atoms with van der Waals surface area (Å²) in [6.07, 6.45) is 3.98. The minimum atomic E-state index is -4.39. The first kappa shape index (κ1) is 45.5. The van der Waals surface area contributed by atoms with Crippen LogP contribution >= 0.6 is 0 Å². The average Bonchev–Trinajstić information content (AvgIpc) is 3.95. The number of hydrogen-bond donors (Lipinski definition) is 5. The van der Waals surface area contributed by atoms with Crippen LogP contribution in [0.25, 0.3) is 22.2 Å². The zero-order valence-electron chi connectivity index (χ0n) is 35.9. The Morgan fingerprint density at radius 1 is 0.866 bits per heavy atom. The fourth-order valence-electron chi connectivity index (χ4n) is 8.98. The molecule has 4 aliphatic rings. The van der Waals surface area contributed by atoms with Crippen LogP contribution in [0.4, 0.5) is 40.4 Å². The fraction of sp³-hybridized carbons (Fsp3) is 0.378. The highest BCUT2D eigenvalue weighted by Crippen LogP contribution is 2.34. The number of hydrogen-bond acceptors (Lipinski definition) is 12. The van der Waals surface area contributed by atoms with E-state index in [2.05, 4.69) is 25.6 Å². The van der Waals surface area contributed by atoms with Crippen molar-refractivity contribution in [1.82, 2.24) is 29.5 Å². The summed E-state index contributed by atoms with van der Waals surface area (Å²) in [7, 11) is -4.39. The van der Waals surface area contributed by atoms with Gasteiger partial charge in [-0.05, 0) is 74.2 Å². The zero-order valence-corrected chi connectivity index (χ0v) is 36.7. The van der Waals surface area contributed by atoms with Crippen molar-refractivity contribution in [1.29, 1.82) is 0 Å². The summed E-state index contributed by atoms with van der Waals surface area (Å²) in [5.74, 6) is -4.52. The molecule has 352 valence electrons. The molecule has 0 spiro atoms. The number of benzene rings is 2. The van der Waals surface area contributed by atoms with Crippen molar-refractivity contribution in [3.8, 4) is 11.1 Å². The number of carbonyl (C=O) groups excluding carboxylic acids is 4. The largest absolute Gasteiger partial charge is 0.389 e. The van der Waals surface area contributed by atoms with Gasteiger partial charge in [-0.2, -0.15) is 12.7 Å². The van der Waals surface area contributed by atoms with E-state index >= 15 is 13.2 Å². The van der Waals surface area contributed by atoms with Crippen LogP contribution in [-0.2, 0) is 24.6 Å². The Bertz CT molecular complexity index is 2870. The van der Waals surface area contributed by atoms with E-state index in [0.717, 1.165) is 16.4 Å². The number of imide groups is 1. The molecule has 2 aromatic carbocycles. The second-order valence-corrected chi connectivity index (χ2v) is 18.9. The summed E-state index contributed by atoms with van der Waals surface area (Å²) in [6, 6.07) is 10.8. The van der Waals surface area contributed by atoms with Gasteiger partial charge >= 0.3 is 10.2 Å². The molecule has 17 nitrogen and oxygen atoms in total. The van der Waals surface area contributed by atoms with Crippen molar-refractivity contribution in [3.63, 3.8) is 0 Å². The first-order valence-electron chi connectivity index (χ1n) is 21.8. The highest BCUT2D eigenvalue weighted by molar-refractivity contribution is 7.90. The summed E-state index contributed by atoms with van der Waals surface area (Å²) >= 11 is 0. The van der Waals surface area contributed by atoms with Crippen molar-refractivity contribution in [3.05, 3.63) is 95.7 Å². The lowest BCUT2D eigenvalue weighted by Gasteiger charge is -2.41. The molecule has 67 heavy (non-hydrogen) atoms. The molecule has 0 radical (unpaired) electrons. The van der Waals surface area contributed by atoms with Crippen molar-refractivity contribution < 1.29 is 50.3 Å². The maximum atomic E-state index is 15.7. The quantitative estimate of drug-likeness (QED) is 0.0675. The number of aliphatic hydroxyl groups is 1. The lowest BCUT2D eigenvalue weighted by atomic mass is 9.87. The van der Waals surface area contributed by atoms with Gasteiger partial charge in [0.15, 0.2) is 5.82 Å². The van der Waals surface area contributed by atoms with Crippen LogP contribution in [0.5, 0.6) is 0 Å². The van der Waals surface area contributed by atoms with Gasteiger partial charge in [-0.1, -0.05) is 0 Å². The highest BCUT2D eigenvalue weighted by Gasteiger charge is 2.38. The Morgan fingerprint density at radius 3 is 2.31 bits per heavy atom. The number of piperidine rings is 2. The number of ketones is 1. The number of piperazine rings is 1. The van der Waals surface area contributed by atoms with E-state index in [0.29, 0.717) is 74.0 Å². The molecule has 1 unspecified atom stereocenters. The predicted octanol–water partition coefficient (Wildman–Crippen LogP) is 4.26. The van der Waals surface area contributed by atoms with Gasteiger partial charge in [0.05, 0.1) is 29.0 Å². The molecule has 2 atom stereocenters. The molecule has 4 saturated heterocycles. The van der Waals surface area contributed by atoms with Gasteiger partial charge in [-0.15, -0.1) is 0 Å². The molecule has 0 saturated carbocycles. The van der Waals surface area contributed by atoms with Gasteiger partial charge in [-0.3, -0.25) is 29.2 Å². The van der Waals surface area contributed by atoms with Crippen LogP contribution in [0.3, 0.4) is 0 Å². The second kappa shape index (κ2) is 18.2. The van der Waals surface area contributed by atoms with E-state index in [1.807, 2.05) is 14.5 Å². The molecular weight excluding hydrogens is 901 g/mol. The Morgan fingerprint density at radius 2 is 1.63 bits per heavy atom. The number of pyridine rings is 2. The third kappa shape index (κ3) is 9.50. The molecule has 3 amide bonds. The summed E-state index contributed by atoms with van der Waals surface area (Å²) in [4.78, 5) is 68.1. The van der Waals surface area contributed by atoms with Crippen LogP contribution in [0.2, 0.25) is 0 Å². The normalized spacial score (nSPS) is 20.3. The van der Waals surface area contributed by atoms with Gasteiger partial charge in [0.1, 0.15) is 35.3 Å². The Labute approximate surface area is 381 Å². The monoisotopic (exact) mass is 946 g/mol. The fourth-order valence-corrected chi connectivity index (χ4v) is 10.2. The maximum Gasteiger partial charge on any atom is 0.301 e. The molecule has 4 fully saturated rings. The van der Waals surface area contributed by atoms with E-state index in [9.17, 15) is 37.1 Å². The lowest BCUT2D eigenvalue weighted by Crippen LogP contribution is -2.52. The number of anilines is 4. The van der Waals surface area contributed by atoms with Crippen molar-refractivity contribution in [2.75, 3.05) is 72.2 Å². The standard InChI is InChI=1S/C45H46F4N10O7S/c46-28-9-12-59(25-28)67(65,66)55-34-4-3-32(47)40(41(34)49)42(62)31-24-52-43-30(31)19-27(23-51-43)26-1-7-37(50-22-26)57-15-17-58(18-16-57)39(61)21-45(64)10-13-56(14-11-45)36-6-2-29(20-33(36)48)53-35-5-8-38(60)54-44(35)63/h1-4,6-7,19-20,22-24,28,35,53,55,64H,5,8-18,21,25H2,(H,51,52)(H,54,60,63)/t28-,35?/m1/s1. The lowest BCUT2D eigenvalue weighted by molar-refractivity contribution is -0.138. The minimum absolute atomic E-state index is 0.0196. The van der Waals surface area contributed by atoms with Crippen molar-refractivity contribution in [2.45, 2.75) is 56.3 Å². The smallest absolute Gasteiger partial charge is 0.301 e. The van der Waals surface area contributed by atoms with Crippen LogP contribution in [-0.4, -0.2) is 131 Å². The Hall–Kier alpha value is -6.65. The van der Waals surface area contributed by atoms with Gasteiger partial charge in [0.2, 0.25) is 23.5 Å². The third-order valence-electron chi connectivity index (χ3n) is 12.8. The number of fused-ring (bicyclic) bond motifs is 1. The van der Waals surface area contributed by atoms with Gasteiger partial charge < -0.3 is 30.1 Å². The van der Waals surface area contributed by atoms with E-state index in [4.69, 9.17) is 0 Å². The van der Waals surface area contributed by atoms with E-state index in [1.54, 1.807) is 47.6 Å². The van der Waals surface area contributed by atoms with Crippen molar-refractivity contribution in [2.24, 2.45) is 0 Å². The number of rotatable bonds is 12. The minimum Gasteiger partial charge on any atom is -0.389 e.